The van der Waals surface area contributed by atoms with Gasteiger partial charge in [-0.1, -0.05) is 28.0 Å². The highest BCUT2D eigenvalue weighted by Gasteiger charge is 2.27. The number of rotatable bonds is 2. The SMILES string of the molecule is CC1CN(C(=O)c2cc(Br)cc([N+](=O)[O-])c2)CC/C1=N\O. The smallest absolute Gasteiger partial charge is 0.271 e. The molecule has 0 aliphatic carbocycles. The number of piperidine rings is 1. The number of hydrogen-bond donors (Lipinski definition) is 1. The van der Waals surface area contributed by atoms with E-state index in [0.29, 0.717) is 29.7 Å². The van der Waals surface area contributed by atoms with Crippen LogP contribution in [0.25, 0.3) is 0 Å². The average Bonchev–Trinajstić information content (AvgIpc) is 2.45. The minimum Gasteiger partial charge on any atom is -0.411 e. The van der Waals surface area contributed by atoms with Gasteiger partial charge in [-0.2, -0.15) is 0 Å². The Labute approximate surface area is 129 Å². The standard InChI is InChI=1S/C13H14BrN3O4/c1-8-7-16(3-2-12(8)15-19)13(18)9-4-10(14)6-11(5-9)17(20)21/h4-6,8,19H,2-3,7H2,1H3/b15-12+. The van der Waals surface area contributed by atoms with Crippen LogP contribution in [-0.2, 0) is 0 Å². The molecule has 1 N–H and O–H groups in total. The minimum atomic E-state index is -0.531. The van der Waals surface area contributed by atoms with Gasteiger partial charge < -0.3 is 10.1 Å². The molecule has 0 saturated carbocycles. The number of nitro benzene ring substituents is 1. The summed E-state index contributed by atoms with van der Waals surface area (Å²) in [7, 11) is 0. The summed E-state index contributed by atoms with van der Waals surface area (Å²) in [5.41, 5.74) is 0.808. The van der Waals surface area contributed by atoms with Crippen LogP contribution in [0.5, 0.6) is 0 Å². The third-order valence-electron chi connectivity index (χ3n) is 3.46. The number of nitrogens with zero attached hydrogens (tertiary/aromatic N) is 3. The molecule has 112 valence electrons. The molecule has 1 atom stereocenters. The molecule has 21 heavy (non-hydrogen) atoms. The van der Waals surface area contributed by atoms with Crippen molar-refractivity contribution in [1.82, 2.24) is 4.90 Å². The van der Waals surface area contributed by atoms with Crippen molar-refractivity contribution in [3.63, 3.8) is 0 Å². The molecule has 1 saturated heterocycles. The van der Waals surface area contributed by atoms with Gasteiger partial charge in [0.2, 0.25) is 0 Å². The maximum atomic E-state index is 12.4. The van der Waals surface area contributed by atoms with Gasteiger partial charge in [-0.3, -0.25) is 14.9 Å². The maximum Gasteiger partial charge on any atom is 0.271 e. The number of carbonyl (C=O) groups is 1. The molecule has 1 aliphatic heterocycles. The highest BCUT2D eigenvalue weighted by atomic mass is 79.9. The maximum absolute atomic E-state index is 12.4. The highest BCUT2D eigenvalue weighted by Crippen LogP contribution is 2.24. The van der Waals surface area contributed by atoms with E-state index < -0.39 is 4.92 Å². The number of halogens is 1. The van der Waals surface area contributed by atoms with E-state index in [0.717, 1.165) is 0 Å². The van der Waals surface area contributed by atoms with Crippen molar-refractivity contribution in [3.05, 3.63) is 38.3 Å². The van der Waals surface area contributed by atoms with Crippen LogP contribution in [-0.4, -0.2) is 39.7 Å². The third-order valence-corrected chi connectivity index (χ3v) is 3.91. The highest BCUT2D eigenvalue weighted by molar-refractivity contribution is 9.10. The lowest BCUT2D eigenvalue weighted by Gasteiger charge is -2.31. The van der Waals surface area contributed by atoms with Gasteiger partial charge in [-0.25, -0.2) is 0 Å². The van der Waals surface area contributed by atoms with Crippen molar-refractivity contribution in [2.24, 2.45) is 11.1 Å². The fourth-order valence-electron chi connectivity index (χ4n) is 2.34. The summed E-state index contributed by atoms with van der Waals surface area (Å²) in [4.78, 5) is 24.4. The van der Waals surface area contributed by atoms with Crippen molar-refractivity contribution in [1.29, 1.82) is 0 Å². The van der Waals surface area contributed by atoms with Crippen LogP contribution < -0.4 is 0 Å². The molecule has 1 aromatic rings. The van der Waals surface area contributed by atoms with E-state index in [1.165, 1.54) is 12.1 Å². The molecule has 8 heteroatoms. The average molecular weight is 356 g/mol. The van der Waals surface area contributed by atoms with Gasteiger partial charge in [0, 0.05) is 47.6 Å². The first kappa shape index (κ1) is 15.4. The fraction of sp³-hybridized carbons (Fsp3) is 0.385. The second-order valence-electron chi connectivity index (χ2n) is 4.95. The zero-order chi connectivity index (χ0) is 15.6. The number of likely N-dealkylation sites (tertiary alicyclic amines) is 1. The van der Waals surface area contributed by atoms with Gasteiger partial charge in [-0.15, -0.1) is 0 Å². The molecule has 2 rings (SSSR count). The minimum absolute atomic E-state index is 0.0326. The van der Waals surface area contributed by atoms with E-state index in [1.807, 2.05) is 6.92 Å². The number of benzene rings is 1. The lowest BCUT2D eigenvalue weighted by Crippen LogP contribution is -2.43. The fourth-order valence-corrected chi connectivity index (χ4v) is 2.82. The molecule has 0 aromatic heterocycles. The largest absolute Gasteiger partial charge is 0.411 e. The van der Waals surface area contributed by atoms with Gasteiger partial charge in [-0.05, 0) is 6.07 Å². The molecule has 7 nitrogen and oxygen atoms in total. The summed E-state index contributed by atoms with van der Waals surface area (Å²) in [6.07, 6.45) is 0.500. The quantitative estimate of drug-likeness (QED) is 0.501. The summed E-state index contributed by atoms with van der Waals surface area (Å²) >= 11 is 3.18. The van der Waals surface area contributed by atoms with Crippen LogP contribution in [0, 0.1) is 16.0 Å². The number of hydrogen-bond acceptors (Lipinski definition) is 5. The molecule has 1 unspecified atom stereocenters. The number of amides is 1. The number of carbonyl (C=O) groups excluding carboxylic acids is 1. The van der Waals surface area contributed by atoms with Crippen molar-refractivity contribution in [2.45, 2.75) is 13.3 Å². The normalized spacial score (nSPS) is 20.6. The van der Waals surface area contributed by atoms with Crippen molar-refractivity contribution >= 4 is 33.2 Å². The third kappa shape index (κ3) is 3.38. The Bertz CT molecular complexity index is 617. The predicted octanol–water partition coefficient (Wildman–Crippen LogP) is 2.67. The van der Waals surface area contributed by atoms with E-state index >= 15 is 0 Å². The first-order chi connectivity index (χ1) is 9.92. The molecule has 1 amide bonds. The lowest BCUT2D eigenvalue weighted by molar-refractivity contribution is -0.385. The monoisotopic (exact) mass is 355 g/mol. The van der Waals surface area contributed by atoms with Gasteiger partial charge in [0.1, 0.15) is 0 Å². The number of non-ortho nitro benzene ring substituents is 1. The van der Waals surface area contributed by atoms with Crippen molar-refractivity contribution in [2.75, 3.05) is 13.1 Å². The Morgan fingerprint density at radius 1 is 1.52 bits per heavy atom. The Morgan fingerprint density at radius 3 is 2.81 bits per heavy atom. The zero-order valence-corrected chi connectivity index (χ0v) is 12.9. The van der Waals surface area contributed by atoms with E-state index in [-0.39, 0.29) is 23.1 Å². The summed E-state index contributed by atoms with van der Waals surface area (Å²) in [6.45, 7) is 2.74. The first-order valence-electron chi connectivity index (χ1n) is 6.37. The van der Waals surface area contributed by atoms with E-state index in [9.17, 15) is 14.9 Å². The van der Waals surface area contributed by atoms with Crippen LogP contribution in [0.1, 0.15) is 23.7 Å². The first-order valence-corrected chi connectivity index (χ1v) is 7.16. The molecular weight excluding hydrogens is 342 g/mol. The Kier molecular flexibility index (Phi) is 4.56. The number of nitro groups is 1. The molecule has 1 aliphatic rings. The Balaban J connectivity index is 2.23. The predicted molar refractivity (Wildman–Crippen MR) is 79.7 cm³/mol. The van der Waals surface area contributed by atoms with Crippen LogP contribution in [0.3, 0.4) is 0 Å². The van der Waals surface area contributed by atoms with Crippen molar-refractivity contribution in [3.8, 4) is 0 Å². The van der Waals surface area contributed by atoms with Crippen molar-refractivity contribution < 1.29 is 14.9 Å². The molecular formula is C13H14BrN3O4. The summed E-state index contributed by atoms with van der Waals surface area (Å²) in [6, 6.07) is 4.19. The Hall–Kier alpha value is -1.96. The topological polar surface area (TPSA) is 96.0 Å². The van der Waals surface area contributed by atoms with Gasteiger partial charge in [0.15, 0.2) is 0 Å². The lowest BCUT2D eigenvalue weighted by atomic mass is 9.97. The zero-order valence-electron chi connectivity index (χ0n) is 11.3. The van der Waals surface area contributed by atoms with E-state index in [1.54, 1.807) is 11.0 Å². The number of oxime groups is 1. The summed E-state index contributed by atoms with van der Waals surface area (Å²) < 4.78 is 0.489. The van der Waals surface area contributed by atoms with Gasteiger partial charge in [0.05, 0.1) is 10.6 Å². The van der Waals surface area contributed by atoms with E-state index in [2.05, 4.69) is 21.1 Å². The van der Waals surface area contributed by atoms with Crippen LogP contribution in [0.15, 0.2) is 27.8 Å². The molecule has 1 fully saturated rings. The molecule has 1 heterocycles. The second-order valence-corrected chi connectivity index (χ2v) is 5.86. The summed E-state index contributed by atoms with van der Waals surface area (Å²) in [5, 5.41) is 22.9. The van der Waals surface area contributed by atoms with Crippen LogP contribution >= 0.6 is 15.9 Å². The van der Waals surface area contributed by atoms with Gasteiger partial charge in [0.25, 0.3) is 11.6 Å². The Morgan fingerprint density at radius 2 is 2.24 bits per heavy atom. The van der Waals surface area contributed by atoms with Crippen LogP contribution in [0.4, 0.5) is 5.69 Å². The molecule has 0 spiro atoms. The molecule has 0 bridgehead atoms. The van der Waals surface area contributed by atoms with E-state index in [4.69, 9.17) is 5.21 Å². The molecule has 1 aromatic carbocycles. The van der Waals surface area contributed by atoms with Crippen LogP contribution in [0.2, 0.25) is 0 Å². The van der Waals surface area contributed by atoms with Gasteiger partial charge >= 0.3 is 0 Å². The molecule has 0 radical (unpaired) electrons. The second kappa shape index (κ2) is 6.21. The summed E-state index contributed by atoms with van der Waals surface area (Å²) in [5.74, 6) is -0.293.